The van der Waals surface area contributed by atoms with E-state index in [1.807, 2.05) is 36.0 Å². The van der Waals surface area contributed by atoms with Gasteiger partial charge in [-0.1, -0.05) is 24.6 Å². The van der Waals surface area contributed by atoms with Gasteiger partial charge in [-0.25, -0.2) is 0 Å². The van der Waals surface area contributed by atoms with Crippen LogP contribution in [0, 0.1) is 0 Å². The second-order valence-corrected chi connectivity index (χ2v) is 5.35. The van der Waals surface area contributed by atoms with Crippen molar-refractivity contribution in [2.45, 2.75) is 39.3 Å². The molecule has 108 valence electrons. The first-order valence-electron chi connectivity index (χ1n) is 6.83. The van der Waals surface area contributed by atoms with E-state index in [0.29, 0.717) is 17.2 Å². The number of nitrogens with zero attached hydrogens (tertiary/aromatic N) is 2. The van der Waals surface area contributed by atoms with E-state index < -0.39 is 0 Å². The van der Waals surface area contributed by atoms with Crippen molar-refractivity contribution in [3.63, 3.8) is 0 Å². The molecule has 0 radical (unpaired) electrons. The van der Waals surface area contributed by atoms with E-state index in [9.17, 15) is 0 Å². The number of aryl methyl sites for hydroxylation is 1. The molecule has 0 aliphatic carbocycles. The Labute approximate surface area is 124 Å². The van der Waals surface area contributed by atoms with Crippen molar-refractivity contribution in [1.82, 2.24) is 9.78 Å². The monoisotopic (exact) mass is 293 g/mol. The second kappa shape index (κ2) is 6.77. The molecule has 0 bridgehead atoms. The van der Waals surface area contributed by atoms with Gasteiger partial charge in [-0.3, -0.25) is 4.68 Å². The van der Waals surface area contributed by atoms with Gasteiger partial charge in [0.1, 0.15) is 5.75 Å². The number of benzene rings is 1. The third-order valence-corrected chi connectivity index (χ3v) is 3.25. The lowest BCUT2D eigenvalue weighted by atomic mass is 10.1. The lowest BCUT2D eigenvalue weighted by molar-refractivity contribution is 0.472. The third-order valence-electron chi connectivity index (χ3n) is 2.89. The predicted molar refractivity (Wildman–Crippen MR) is 81.4 cm³/mol. The van der Waals surface area contributed by atoms with Crippen molar-refractivity contribution in [3.05, 3.63) is 41.2 Å². The molecular formula is C15H20ClN3O. The van der Waals surface area contributed by atoms with Crippen LogP contribution in [0.25, 0.3) is 0 Å². The molecule has 0 saturated carbocycles. The van der Waals surface area contributed by atoms with Crippen LogP contribution in [0.5, 0.6) is 11.5 Å². The highest BCUT2D eigenvalue weighted by Gasteiger charge is 2.12. The summed E-state index contributed by atoms with van der Waals surface area (Å²) in [5.74, 6) is 1.46. The Bertz CT molecular complexity index is 566. The van der Waals surface area contributed by atoms with E-state index in [-0.39, 0.29) is 6.04 Å². The Hall–Kier alpha value is -1.52. The Morgan fingerprint density at radius 2 is 2.25 bits per heavy atom. The third kappa shape index (κ3) is 3.74. The van der Waals surface area contributed by atoms with Crippen LogP contribution >= 0.6 is 11.6 Å². The van der Waals surface area contributed by atoms with E-state index in [2.05, 4.69) is 12.0 Å². The van der Waals surface area contributed by atoms with Gasteiger partial charge in [0.2, 0.25) is 0 Å². The molecule has 1 aromatic heterocycles. The standard InChI is InChI=1S/C15H20ClN3O/c1-3-7-19-10-12(9-18-19)20-15-6-4-5-14(16)13(15)8-11(2)17/h4-6,9-11H,3,7-8,17H2,1-2H3. The Kier molecular flexibility index (Phi) is 5.04. The molecule has 1 atom stereocenters. The maximum atomic E-state index is 6.24. The van der Waals surface area contributed by atoms with E-state index in [0.717, 1.165) is 24.3 Å². The Balaban J connectivity index is 2.21. The van der Waals surface area contributed by atoms with Crippen molar-refractivity contribution >= 4 is 11.6 Å². The molecule has 1 aromatic carbocycles. The van der Waals surface area contributed by atoms with Gasteiger partial charge >= 0.3 is 0 Å². The molecule has 2 aromatic rings. The van der Waals surface area contributed by atoms with Crippen LogP contribution in [0.15, 0.2) is 30.6 Å². The van der Waals surface area contributed by atoms with Crippen molar-refractivity contribution in [2.24, 2.45) is 5.73 Å². The molecule has 0 fully saturated rings. The Morgan fingerprint density at radius 1 is 1.45 bits per heavy atom. The number of ether oxygens (including phenoxy) is 1. The molecule has 0 aliphatic heterocycles. The number of hydrogen-bond donors (Lipinski definition) is 1. The molecule has 0 amide bonds. The SMILES string of the molecule is CCCn1cc(Oc2cccc(Cl)c2CC(C)N)cn1. The van der Waals surface area contributed by atoms with E-state index in [4.69, 9.17) is 22.1 Å². The summed E-state index contributed by atoms with van der Waals surface area (Å²) < 4.78 is 7.76. The van der Waals surface area contributed by atoms with Gasteiger partial charge in [-0.15, -0.1) is 0 Å². The van der Waals surface area contributed by atoms with Gasteiger partial charge in [-0.05, 0) is 31.9 Å². The van der Waals surface area contributed by atoms with Gasteiger partial charge in [0.05, 0.1) is 12.4 Å². The first kappa shape index (κ1) is 14.9. The van der Waals surface area contributed by atoms with Crippen LogP contribution in [0.3, 0.4) is 0 Å². The minimum Gasteiger partial charge on any atom is -0.454 e. The molecule has 20 heavy (non-hydrogen) atoms. The molecule has 0 aliphatic rings. The zero-order valence-electron chi connectivity index (χ0n) is 11.8. The van der Waals surface area contributed by atoms with Crippen LogP contribution in [0.4, 0.5) is 0 Å². The van der Waals surface area contributed by atoms with Crippen molar-refractivity contribution in [2.75, 3.05) is 0 Å². The largest absolute Gasteiger partial charge is 0.454 e. The summed E-state index contributed by atoms with van der Waals surface area (Å²) in [6, 6.07) is 5.66. The molecule has 4 nitrogen and oxygen atoms in total. The maximum absolute atomic E-state index is 6.24. The molecular weight excluding hydrogens is 274 g/mol. The summed E-state index contributed by atoms with van der Waals surface area (Å²) in [4.78, 5) is 0. The second-order valence-electron chi connectivity index (χ2n) is 4.94. The van der Waals surface area contributed by atoms with Crippen molar-refractivity contribution in [1.29, 1.82) is 0 Å². The zero-order valence-corrected chi connectivity index (χ0v) is 12.6. The topological polar surface area (TPSA) is 53.1 Å². The van der Waals surface area contributed by atoms with Gasteiger partial charge in [0.25, 0.3) is 0 Å². The number of hydrogen-bond acceptors (Lipinski definition) is 3. The van der Waals surface area contributed by atoms with Crippen LogP contribution in [0.2, 0.25) is 5.02 Å². The summed E-state index contributed by atoms with van der Waals surface area (Å²) >= 11 is 6.24. The van der Waals surface area contributed by atoms with E-state index in [1.54, 1.807) is 6.20 Å². The number of rotatable bonds is 6. The summed E-state index contributed by atoms with van der Waals surface area (Å²) in [6.07, 6.45) is 5.32. The minimum atomic E-state index is 0.0278. The fourth-order valence-corrected chi connectivity index (χ4v) is 2.27. The highest BCUT2D eigenvalue weighted by atomic mass is 35.5. The summed E-state index contributed by atoms with van der Waals surface area (Å²) in [5, 5.41) is 4.93. The fraction of sp³-hybridized carbons (Fsp3) is 0.400. The highest BCUT2D eigenvalue weighted by molar-refractivity contribution is 6.31. The quantitative estimate of drug-likeness (QED) is 0.885. The summed E-state index contributed by atoms with van der Waals surface area (Å²) in [5.41, 5.74) is 6.81. The lowest BCUT2D eigenvalue weighted by Gasteiger charge is -2.13. The molecule has 2 rings (SSSR count). The average Bonchev–Trinajstić information content (AvgIpc) is 2.81. The van der Waals surface area contributed by atoms with Gasteiger partial charge < -0.3 is 10.5 Å². The number of aromatic nitrogens is 2. The lowest BCUT2D eigenvalue weighted by Crippen LogP contribution is -2.18. The van der Waals surface area contributed by atoms with E-state index >= 15 is 0 Å². The highest BCUT2D eigenvalue weighted by Crippen LogP contribution is 2.31. The van der Waals surface area contributed by atoms with E-state index in [1.165, 1.54) is 0 Å². The van der Waals surface area contributed by atoms with Crippen LogP contribution in [-0.4, -0.2) is 15.8 Å². The normalized spacial score (nSPS) is 12.4. The van der Waals surface area contributed by atoms with Gasteiger partial charge in [0, 0.05) is 23.2 Å². The zero-order chi connectivity index (χ0) is 14.5. The van der Waals surface area contributed by atoms with Crippen LogP contribution in [-0.2, 0) is 13.0 Å². The van der Waals surface area contributed by atoms with Crippen molar-refractivity contribution in [3.8, 4) is 11.5 Å². The molecule has 0 saturated heterocycles. The molecule has 0 spiro atoms. The fourth-order valence-electron chi connectivity index (χ4n) is 2.03. The van der Waals surface area contributed by atoms with Crippen LogP contribution in [0.1, 0.15) is 25.8 Å². The minimum absolute atomic E-state index is 0.0278. The van der Waals surface area contributed by atoms with Crippen LogP contribution < -0.4 is 10.5 Å². The van der Waals surface area contributed by atoms with Gasteiger partial charge in [-0.2, -0.15) is 5.10 Å². The van der Waals surface area contributed by atoms with Gasteiger partial charge in [0.15, 0.2) is 5.75 Å². The summed E-state index contributed by atoms with van der Waals surface area (Å²) in [6.45, 7) is 4.94. The predicted octanol–water partition coefficient (Wildman–Crippen LogP) is 3.63. The molecule has 1 heterocycles. The molecule has 1 unspecified atom stereocenters. The molecule has 2 N–H and O–H groups in total. The maximum Gasteiger partial charge on any atom is 0.165 e. The van der Waals surface area contributed by atoms with Crippen molar-refractivity contribution < 1.29 is 4.74 Å². The first-order valence-corrected chi connectivity index (χ1v) is 7.21. The summed E-state index contributed by atoms with van der Waals surface area (Å²) in [7, 11) is 0. The first-order chi connectivity index (χ1) is 9.60. The number of nitrogens with two attached hydrogens (primary N) is 1. The Morgan fingerprint density at radius 3 is 2.95 bits per heavy atom. The molecule has 5 heteroatoms. The average molecular weight is 294 g/mol. The smallest absolute Gasteiger partial charge is 0.165 e. The number of halogens is 1.